The molecule has 0 heterocycles. The van der Waals surface area contributed by atoms with Crippen LogP contribution in [0.15, 0.2) is 0 Å². The predicted molar refractivity (Wildman–Crippen MR) is 50.6 cm³/mol. The summed E-state index contributed by atoms with van der Waals surface area (Å²) in [6.45, 7) is 9.57. The van der Waals surface area contributed by atoms with Crippen LogP contribution in [0, 0.1) is 17.3 Å². The molecule has 0 aromatic rings. The third-order valence-corrected chi connectivity index (χ3v) is 3.96. The SMILES string of the molecule is CCC1(CC)CC(C)CC1C. The molecule has 0 spiro atoms. The van der Waals surface area contributed by atoms with Crippen LogP contribution >= 0.6 is 0 Å². The van der Waals surface area contributed by atoms with E-state index in [0.717, 1.165) is 11.8 Å². The van der Waals surface area contributed by atoms with E-state index in [-0.39, 0.29) is 0 Å². The largest absolute Gasteiger partial charge is 0.0648 e. The van der Waals surface area contributed by atoms with Gasteiger partial charge in [-0.3, -0.25) is 0 Å². The van der Waals surface area contributed by atoms with Gasteiger partial charge in [-0.15, -0.1) is 0 Å². The second kappa shape index (κ2) is 3.16. The third kappa shape index (κ3) is 1.45. The van der Waals surface area contributed by atoms with Gasteiger partial charge in [-0.05, 0) is 30.1 Å². The van der Waals surface area contributed by atoms with Crippen LogP contribution in [-0.4, -0.2) is 0 Å². The van der Waals surface area contributed by atoms with E-state index in [1.54, 1.807) is 0 Å². The molecule has 11 heavy (non-hydrogen) atoms. The first kappa shape index (κ1) is 9.09. The van der Waals surface area contributed by atoms with Gasteiger partial charge in [0.25, 0.3) is 0 Å². The molecule has 1 aliphatic carbocycles. The fourth-order valence-electron chi connectivity index (χ4n) is 3.07. The zero-order valence-corrected chi connectivity index (χ0v) is 8.48. The van der Waals surface area contributed by atoms with E-state index < -0.39 is 0 Å². The second-order valence-corrected chi connectivity index (χ2v) is 4.52. The van der Waals surface area contributed by atoms with Crippen molar-refractivity contribution in [2.45, 2.75) is 53.4 Å². The van der Waals surface area contributed by atoms with Crippen molar-refractivity contribution in [1.29, 1.82) is 0 Å². The monoisotopic (exact) mass is 154 g/mol. The minimum atomic E-state index is 0.708. The fourth-order valence-corrected chi connectivity index (χ4v) is 3.07. The Hall–Kier alpha value is 0. The first-order chi connectivity index (χ1) is 5.14. The standard InChI is InChI=1S/C11H22/c1-5-11(6-2)8-9(3)7-10(11)4/h9-10H,5-8H2,1-4H3. The van der Waals surface area contributed by atoms with E-state index in [9.17, 15) is 0 Å². The van der Waals surface area contributed by atoms with Crippen molar-refractivity contribution in [3.05, 3.63) is 0 Å². The van der Waals surface area contributed by atoms with Gasteiger partial charge in [-0.1, -0.05) is 40.5 Å². The smallest absolute Gasteiger partial charge is 0.0274 e. The molecule has 0 N–H and O–H groups in total. The van der Waals surface area contributed by atoms with Crippen LogP contribution in [0.1, 0.15) is 53.4 Å². The Bertz CT molecular complexity index is 122. The molecule has 0 aliphatic heterocycles. The number of rotatable bonds is 2. The van der Waals surface area contributed by atoms with Crippen molar-refractivity contribution < 1.29 is 0 Å². The minimum absolute atomic E-state index is 0.708. The Labute approximate surface area is 71.4 Å². The van der Waals surface area contributed by atoms with Crippen LogP contribution in [0.2, 0.25) is 0 Å². The molecular formula is C11H22. The van der Waals surface area contributed by atoms with Crippen molar-refractivity contribution >= 4 is 0 Å². The Morgan fingerprint density at radius 3 is 1.91 bits per heavy atom. The third-order valence-electron chi connectivity index (χ3n) is 3.96. The zero-order chi connectivity index (χ0) is 8.48. The summed E-state index contributed by atoms with van der Waals surface area (Å²) >= 11 is 0. The molecule has 2 atom stereocenters. The van der Waals surface area contributed by atoms with Gasteiger partial charge in [0.2, 0.25) is 0 Å². The van der Waals surface area contributed by atoms with Gasteiger partial charge >= 0.3 is 0 Å². The molecule has 0 heteroatoms. The van der Waals surface area contributed by atoms with Crippen molar-refractivity contribution in [2.24, 2.45) is 17.3 Å². The molecule has 0 radical (unpaired) electrons. The van der Waals surface area contributed by atoms with E-state index in [1.165, 1.54) is 25.7 Å². The normalized spacial score (nSPS) is 36.0. The quantitative estimate of drug-likeness (QED) is 0.566. The molecule has 0 bridgehead atoms. The Morgan fingerprint density at radius 1 is 1.18 bits per heavy atom. The van der Waals surface area contributed by atoms with Gasteiger partial charge in [-0.2, -0.15) is 0 Å². The summed E-state index contributed by atoms with van der Waals surface area (Å²) < 4.78 is 0. The van der Waals surface area contributed by atoms with Gasteiger partial charge in [0.05, 0.1) is 0 Å². The molecule has 0 nitrogen and oxygen atoms in total. The number of hydrogen-bond acceptors (Lipinski definition) is 0. The molecule has 0 aromatic carbocycles. The summed E-state index contributed by atoms with van der Waals surface area (Å²) in [4.78, 5) is 0. The summed E-state index contributed by atoms with van der Waals surface area (Å²) in [5.41, 5.74) is 0.708. The molecule has 1 fully saturated rings. The molecule has 2 unspecified atom stereocenters. The lowest BCUT2D eigenvalue weighted by atomic mass is 9.74. The lowest BCUT2D eigenvalue weighted by Crippen LogP contribution is -2.21. The predicted octanol–water partition coefficient (Wildman–Crippen LogP) is 3.86. The molecule has 1 rings (SSSR count). The van der Waals surface area contributed by atoms with Crippen LogP contribution in [-0.2, 0) is 0 Å². The molecule has 0 amide bonds. The van der Waals surface area contributed by atoms with Gasteiger partial charge in [0.15, 0.2) is 0 Å². The average Bonchev–Trinajstić information content (AvgIpc) is 2.27. The Balaban J connectivity index is 2.67. The Morgan fingerprint density at radius 2 is 1.73 bits per heavy atom. The fraction of sp³-hybridized carbons (Fsp3) is 1.00. The number of hydrogen-bond donors (Lipinski definition) is 0. The summed E-state index contributed by atoms with van der Waals surface area (Å²) in [6, 6.07) is 0. The molecule has 1 aliphatic rings. The summed E-state index contributed by atoms with van der Waals surface area (Å²) in [5.74, 6) is 1.94. The zero-order valence-electron chi connectivity index (χ0n) is 8.48. The lowest BCUT2D eigenvalue weighted by Gasteiger charge is -2.31. The first-order valence-electron chi connectivity index (χ1n) is 5.14. The van der Waals surface area contributed by atoms with Crippen LogP contribution in [0.25, 0.3) is 0 Å². The summed E-state index contributed by atoms with van der Waals surface area (Å²) in [7, 11) is 0. The van der Waals surface area contributed by atoms with E-state index in [1.807, 2.05) is 0 Å². The van der Waals surface area contributed by atoms with Gasteiger partial charge < -0.3 is 0 Å². The highest BCUT2D eigenvalue weighted by Crippen LogP contribution is 2.50. The van der Waals surface area contributed by atoms with Crippen LogP contribution in [0.3, 0.4) is 0 Å². The van der Waals surface area contributed by atoms with E-state index >= 15 is 0 Å². The van der Waals surface area contributed by atoms with Gasteiger partial charge in [0.1, 0.15) is 0 Å². The highest BCUT2D eigenvalue weighted by Gasteiger charge is 2.40. The van der Waals surface area contributed by atoms with Crippen molar-refractivity contribution in [3.8, 4) is 0 Å². The highest BCUT2D eigenvalue weighted by atomic mass is 14.4. The van der Waals surface area contributed by atoms with Gasteiger partial charge in [0, 0.05) is 0 Å². The van der Waals surface area contributed by atoms with Crippen molar-refractivity contribution in [3.63, 3.8) is 0 Å². The van der Waals surface area contributed by atoms with Crippen molar-refractivity contribution in [2.75, 3.05) is 0 Å². The molecule has 0 aromatic heterocycles. The van der Waals surface area contributed by atoms with Crippen LogP contribution in [0.4, 0.5) is 0 Å². The lowest BCUT2D eigenvalue weighted by molar-refractivity contribution is 0.193. The van der Waals surface area contributed by atoms with E-state index in [4.69, 9.17) is 0 Å². The highest BCUT2D eigenvalue weighted by molar-refractivity contribution is 4.90. The summed E-state index contributed by atoms with van der Waals surface area (Å²) in [5, 5.41) is 0. The topological polar surface area (TPSA) is 0 Å². The van der Waals surface area contributed by atoms with E-state index in [2.05, 4.69) is 27.7 Å². The van der Waals surface area contributed by atoms with Crippen molar-refractivity contribution in [1.82, 2.24) is 0 Å². The first-order valence-corrected chi connectivity index (χ1v) is 5.14. The van der Waals surface area contributed by atoms with Crippen LogP contribution < -0.4 is 0 Å². The summed E-state index contributed by atoms with van der Waals surface area (Å²) in [6.07, 6.45) is 5.70. The average molecular weight is 154 g/mol. The molecule has 66 valence electrons. The van der Waals surface area contributed by atoms with Gasteiger partial charge in [-0.25, -0.2) is 0 Å². The van der Waals surface area contributed by atoms with Crippen LogP contribution in [0.5, 0.6) is 0 Å². The molecule has 0 saturated heterocycles. The maximum atomic E-state index is 2.44. The molecule has 1 saturated carbocycles. The molecular weight excluding hydrogens is 132 g/mol. The maximum absolute atomic E-state index is 2.44. The second-order valence-electron chi connectivity index (χ2n) is 4.52. The minimum Gasteiger partial charge on any atom is -0.0648 e. The maximum Gasteiger partial charge on any atom is -0.0274 e. The Kier molecular flexibility index (Phi) is 2.61. The van der Waals surface area contributed by atoms with E-state index in [0.29, 0.717) is 5.41 Å².